The largest absolute Gasteiger partial charge is 0.381 e. The van der Waals surface area contributed by atoms with Gasteiger partial charge in [0.15, 0.2) is 11.6 Å². The summed E-state index contributed by atoms with van der Waals surface area (Å²) in [4.78, 5) is 33.1. The third-order valence-electron chi connectivity index (χ3n) is 7.04. The standard InChI is InChI=1S/C25H26ClNO4/c1-3-14-4-5-16(15-6-8-18(26)9-7-15)12-19(14)20-23(28)21-22(17-10-11-30-13-17)27(2)31-25(21)24(20)29/h4-9,12,17,20-22,25H,3,10-11,13H2,1-2H3/t17?,20?,21-,22?,25-/m1/s1. The Bertz CT molecular complexity index is 1010. The molecule has 6 heteroatoms. The van der Waals surface area contributed by atoms with Crippen LogP contribution < -0.4 is 0 Å². The van der Waals surface area contributed by atoms with Crippen molar-refractivity contribution in [3.8, 4) is 11.1 Å². The first-order valence-corrected chi connectivity index (χ1v) is 11.3. The topological polar surface area (TPSA) is 55.8 Å². The molecule has 1 saturated carbocycles. The van der Waals surface area contributed by atoms with Crippen molar-refractivity contribution in [3.05, 3.63) is 58.6 Å². The molecule has 5 rings (SSSR count). The molecule has 0 aromatic heterocycles. The lowest BCUT2D eigenvalue weighted by molar-refractivity contribution is -0.165. The molecule has 2 aliphatic heterocycles. The molecule has 31 heavy (non-hydrogen) atoms. The summed E-state index contributed by atoms with van der Waals surface area (Å²) in [6.07, 6.45) is 0.945. The number of benzene rings is 2. The van der Waals surface area contributed by atoms with Gasteiger partial charge in [-0.2, -0.15) is 5.06 Å². The molecule has 3 fully saturated rings. The number of halogens is 1. The number of hydrogen-bond donors (Lipinski definition) is 0. The van der Waals surface area contributed by atoms with Gasteiger partial charge in [0.05, 0.1) is 18.6 Å². The number of ketones is 2. The first kappa shape index (κ1) is 20.8. The molecule has 2 aromatic rings. The van der Waals surface area contributed by atoms with Gasteiger partial charge in [0.2, 0.25) is 0 Å². The summed E-state index contributed by atoms with van der Waals surface area (Å²) in [5.41, 5.74) is 3.81. The summed E-state index contributed by atoms with van der Waals surface area (Å²) in [6, 6.07) is 13.6. The number of carbonyl (C=O) groups is 2. The number of ether oxygens (including phenoxy) is 1. The molecule has 3 aliphatic rings. The number of nitrogens with zero attached hydrogens (tertiary/aromatic N) is 1. The van der Waals surface area contributed by atoms with E-state index in [1.54, 1.807) is 5.06 Å². The predicted octanol–water partition coefficient (Wildman–Crippen LogP) is 4.07. The van der Waals surface area contributed by atoms with Gasteiger partial charge in [-0.25, -0.2) is 0 Å². The van der Waals surface area contributed by atoms with E-state index in [0.29, 0.717) is 18.2 Å². The highest BCUT2D eigenvalue weighted by atomic mass is 35.5. The van der Waals surface area contributed by atoms with Crippen LogP contribution in [0.5, 0.6) is 0 Å². The monoisotopic (exact) mass is 439 g/mol. The fourth-order valence-electron chi connectivity index (χ4n) is 5.49. The van der Waals surface area contributed by atoms with Gasteiger partial charge in [0.25, 0.3) is 0 Å². The fourth-order valence-corrected chi connectivity index (χ4v) is 5.62. The van der Waals surface area contributed by atoms with Crippen molar-refractivity contribution in [2.75, 3.05) is 20.3 Å². The summed E-state index contributed by atoms with van der Waals surface area (Å²) >= 11 is 6.04. The third kappa shape index (κ3) is 3.44. The van der Waals surface area contributed by atoms with Crippen LogP contribution >= 0.6 is 11.6 Å². The highest BCUT2D eigenvalue weighted by Gasteiger charge is 2.61. The van der Waals surface area contributed by atoms with Crippen LogP contribution in [-0.2, 0) is 25.6 Å². The van der Waals surface area contributed by atoms with E-state index in [0.717, 1.165) is 35.1 Å². The summed E-state index contributed by atoms with van der Waals surface area (Å²) < 4.78 is 5.56. The molecule has 0 spiro atoms. The number of hydroxylamine groups is 2. The molecule has 0 N–H and O–H groups in total. The lowest BCUT2D eigenvalue weighted by atomic mass is 9.83. The number of rotatable bonds is 4. The lowest BCUT2D eigenvalue weighted by Gasteiger charge is -2.27. The highest BCUT2D eigenvalue weighted by molar-refractivity contribution is 6.30. The Balaban J connectivity index is 1.53. The molecule has 1 aliphatic carbocycles. The molecule has 162 valence electrons. The minimum atomic E-state index is -0.768. The van der Waals surface area contributed by atoms with Crippen LogP contribution in [0.3, 0.4) is 0 Å². The number of hydrogen-bond acceptors (Lipinski definition) is 5. The van der Waals surface area contributed by atoms with Crippen molar-refractivity contribution in [3.63, 3.8) is 0 Å². The van der Waals surface area contributed by atoms with Gasteiger partial charge in [0, 0.05) is 24.6 Å². The summed E-state index contributed by atoms with van der Waals surface area (Å²) in [5.74, 6) is -1.12. The second-order valence-corrected chi connectivity index (χ2v) is 9.16. The lowest BCUT2D eigenvalue weighted by Crippen LogP contribution is -2.40. The average molecular weight is 440 g/mol. The molecule has 2 heterocycles. The average Bonchev–Trinajstić information content (AvgIpc) is 3.46. The van der Waals surface area contributed by atoms with E-state index in [4.69, 9.17) is 21.2 Å². The number of aryl methyl sites for hydroxylation is 1. The molecular weight excluding hydrogens is 414 g/mol. The Morgan fingerprint density at radius 1 is 1.06 bits per heavy atom. The van der Waals surface area contributed by atoms with Gasteiger partial charge in [0.1, 0.15) is 12.0 Å². The second kappa shape index (κ2) is 8.14. The molecule has 3 unspecified atom stereocenters. The molecular formula is C25H26ClNO4. The zero-order valence-electron chi connectivity index (χ0n) is 17.7. The molecule has 2 saturated heterocycles. The zero-order valence-corrected chi connectivity index (χ0v) is 18.5. The Morgan fingerprint density at radius 2 is 1.81 bits per heavy atom. The SMILES string of the molecule is CCc1ccc(-c2ccc(Cl)cc2)cc1C1C(=O)[C@@H]2ON(C)C(C3CCOC3)[C@@H]2C1=O. The Morgan fingerprint density at radius 3 is 2.48 bits per heavy atom. The van der Waals surface area contributed by atoms with Crippen molar-refractivity contribution in [2.24, 2.45) is 11.8 Å². The van der Waals surface area contributed by atoms with Crippen LogP contribution in [0, 0.1) is 11.8 Å². The molecule has 0 amide bonds. The van der Waals surface area contributed by atoms with E-state index in [1.165, 1.54) is 0 Å². The maximum atomic E-state index is 13.7. The van der Waals surface area contributed by atoms with Crippen LogP contribution in [-0.4, -0.2) is 49.0 Å². The van der Waals surface area contributed by atoms with Gasteiger partial charge < -0.3 is 4.74 Å². The van der Waals surface area contributed by atoms with Gasteiger partial charge >= 0.3 is 0 Å². The van der Waals surface area contributed by atoms with Crippen LogP contribution in [0.4, 0.5) is 0 Å². The first-order valence-electron chi connectivity index (χ1n) is 10.9. The number of fused-ring (bicyclic) bond motifs is 1. The van der Waals surface area contributed by atoms with Crippen molar-refractivity contribution in [1.29, 1.82) is 0 Å². The normalized spacial score (nSPS) is 30.9. The van der Waals surface area contributed by atoms with Crippen molar-refractivity contribution in [1.82, 2.24) is 5.06 Å². The second-order valence-electron chi connectivity index (χ2n) is 8.72. The van der Waals surface area contributed by atoms with E-state index >= 15 is 0 Å². The van der Waals surface area contributed by atoms with Crippen LogP contribution in [0.1, 0.15) is 30.4 Å². The van der Waals surface area contributed by atoms with Crippen LogP contribution in [0.2, 0.25) is 5.02 Å². The summed E-state index contributed by atoms with van der Waals surface area (Å²) in [6.45, 7) is 3.36. The quantitative estimate of drug-likeness (QED) is 0.672. The summed E-state index contributed by atoms with van der Waals surface area (Å²) in [7, 11) is 1.83. The molecule has 5 nitrogen and oxygen atoms in total. The Labute approximate surface area is 187 Å². The minimum absolute atomic E-state index is 0.0146. The van der Waals surface area contributed by atoms with Crippen molar-refractivity contribution in [2.45, 2.75) is 37.8 Å². The third-order valence-corrected chi connectivity index (χ3v) is 7.29. The number of Topliss-reactive ketones (excluding diaryl/α,β-unsaturated/α-hetero) is 2. The van der Waals surface area contributed by atoms with E-state index in [9.17, 15) is 9.59 Å². The highest BCUT2D eigenvalue weighted by Crippen LogP contribution is 2.46. The molecule has 5 atom stereocenters. The van der Waals surface area contributed by atoms with Crippen molar-refractivity contribution >= 4 is 23.2 Å². The predicted molar refractivity (Wildman–Crippen MR) is 118 cm³/mol. The Kier molecular flexibility index (Phi) is 5.47. The summed E-state index contributed by atoms with van der Waals surface area (Å²) in [5, 5.41) is 2.40. The Hall–Kier alpha value is -2.05. The maximum absolute atomic E-state index is 13.7. The van der Waals surface area contributed by atoms with E-state index in [-0.39, 0.29) is 23.5 Å². The molecule has 2 aromatic carbocycles. The van der Waals surface area contributed by atoms with E-state index in [2.05, 4.69) is 6.92 Å². The van der Waals surface area contributed by atoms with E-state index < -0.39 is 17.9 Å². The van der Waals surface area contributed by atoms with Gasteiger partial charge in [-0.05, 0) is 53.3 Å². The maximum Gasteiger partial charge on any atom is 0.179 e. The van der Waals surface area contributed by atoms with Crippen LogP contribution in [0.25, 0.3) is 11.1 Å². The first-order chi connectivity index (χ1) is 15.0. The molecule has 0 radical (unpaired) electrons. The van der Waals surface area contributed by atoms with E-state index in [1.807, 2.05) is 49.5 Å². The number of carbonyl (C=O) groups excluding carboxylic acids is 2. The minimum Gasteiger partial charge on any atom is -0.381 e. The molecule has 0 bridgehead atoms. The van der Waals surface area contributed by atoms with Crippen LogP contribution in [0.15, 0.2) is 42.5 Å². The van der Waals surface area contributed by atoms with Gasteiger partial charge in [-0.3, -0.25) is 14.4 Å². The fraction of sp³-hybridized carbons (Fsp3) is 0.440. The zero-order chi connectivity index (χ0) is 21.7. The van der Waals surface area contributed by atoms with Gasteiger partial charge in [-0.1, -0.05) is 42.8 Å². The van der Waals surface area contributed by atoms with Gasteiger partial charge in [-0.15, -0.1) is 0 Å². The van der Waals surface area contributed by atoms with Crippen molar-refractivity contribution < 1.29 is 19.2 Å². The smallest absolute Gasteiger partial charge is 0.179 e.